The number of fused-ring (bicyclic) bond motifs is 1. The third-order valence-corrected chi connectivity index (χ3v) is 6.60. The molecule has 3 aromatic heterocycles. The second-order valence-electron chi connectivity index (χ2n) is 7.29. The van der Waals surface area contributed by atoms with Crippen LogP contribution in [0.3, 0.4) is 0 Å². The molecule has 10 heteroatoms. The molecular formula is C22H21ClN6O2S. The van der Waals surface area contributed by atoms with Gasteiger partial charge in [-0.15, -0.1) is 10.2 Å². The number of anilines is 1. The number of nitrogens with one attached hydrogen (secondary N) is 1. The number of aryl methyl sites for hydroxylation is 1. The number of hydrogen-bond acceptors (Lipinski definition) is 6. The third-order valence-electron chi connectivity index (χ3n) is 5.17. The van der Waals surface area contributed by atoms with Crippen molar-refractivity contribution >= 4 is 40.6 Å². The van der Waals surface area contributed by atoms with Crippen LogP contribution in [0, 0.1) is 13.8 Å². The minimum atomic E-state index is -0.169. The van der Waals surface area contributed by atoms with Crippen LogP contribution in [0.5, 0.6) is 0 Å². The summed E-state index contributed by atoms with van der Waals surface area (Å²) in [6.45, 7) is 3.67. The van der Waals surface area contributed by atoms with Gasteiger partial charge in [0, 0.05) is 41.6 Å². The second kappa shape index (κ2) is 9.13. The number of rotatable bonds is 6. The summed E-state index contributed by atoms with van der Waals surface area (Å²) in [6, 6.07) is 10.8. The molecule has 0 aliphatic carbocycles. The lowest BCUT2D eigenvalue weighted by atomic mass is 10.1. The molecule has 0 saturated carbocycles. The van der Waals surface area contributed by atoms with E-state index in [2.05, 4.69) is 20.5 Å². The Morgan fingerprint density at radius 2 is 1.97 bits per heavy atom. The molecule has 0 spiro atoms. The quantitative estimate of drug-likeness (QED) is 0.436. The molecule has 3 heterocycles. The zero-order chi connectivity index (χ0) is 22.8. The number of thioether (sulfide) groups is 1. The van der Waals surface area contributed by atoms with Crippen LogP contribution in [0.25, 0.3) is 5.65 Å². The Morgan fingerprint density at radius 1 is 1.16 bits per heavy atom. The summed E-state index contributed by atoms with van der Waals surface area (Å²) < 4.78 is 3.32. The van der Waals surface area contributed by atoms with Gasteiger partial charge >= 0.3 is 0 Å². The van der Waals surface area contributed by atoms with Gasteiger partial charge in [-0.3, -0.25) is 14.0 Å². The normalized spacial score (nSPS) is 11.1. The van der Waals surface area contributed by atoms with E-state index < -0.39 is 0 Å². The molecule has 8 nitrogen and oxygen atoms in total. The molecule has 164 valence electrons. The number of amides is 1. The van der Waals surface area contributed by atoms with Crippen molar-refractivity contribution in [1.82, 2.24) is 24.1 Å². The van der Waals surface area contributed by atoms with E-state index >= 15 is 0 Å². The number of halogens is 1. The Balaban J connectivity index is 1.47. The first kappa shape index (κ1) is 22.0. The van der Waals surface area contributed by atoms with Crippen molar-refractivity contribution in [2.24, 2.45) is 7.05 Å². The molecule has 0 bridgehead atoms. The predicted molar refractivity (Wildman–Crippen MR) is 126 cm³/mol. The highest BCUT2D eigenvalue weighted by Crippen LogP contribution is 2.24. The molecule has 0 radical (unpaired) electrons. The van der Waals surface area contributed by atoms with Crippen LogP contribution < -0.4 is 10.9 Å². The number of pyridine rings is 1. The van der Waals surface area contributed by atoms with E-state index in [9.17, 15) is 9.59 Å². The molecule has 1 N–H and O–H groups in total. The minimum absolute atomic E-state index is 0.124. The summed E-state index contributed by atoms with van der Waals surface area (Å²) in [6.07, 6.45) is 2.00. The zero-order valence-electron chi connectivity index (χ0n) is 17.8. The smallest absolute Gasteiger partial charge is 0.261 e. The van der Waals surface area contributed by atoms with Gasteiger partial charge in [-0.05, 0) is 43.7 Å². The monoisotopic (exact) mass is 468 g/mol. The van der Waals surface area contributed by atoms with Gasteiger partial charge in [-0.1, -0.05) is 35.5 Å². The van der Waals surface area contributed by atoms with Gasteiger partial charge in [-0.25, -0.2) is 4.98 Å². The SMILES string of the molecule is Cc1nc2ccccn2c(=O)c1Cc1nnc(SCC(=O)Nc2cccc(Cl)c2C)n1C. The van der Waals surface area contributed by atoms with Gasteiger partial charge in [0.1, 0.15) is 11.5 Å². The highest BCUT2D eigenvalue weighted by molar-refractivity contribution is 7.99. The summed E-state index contributed by atoms with van der Waals surface area (Å²) in [5.74, 6) is 0.617. The van der Waals surface area contributed by atoms with Gasteiger partial charge in [0.15, 0.2) is 5.16 Å². The van der Waals surface area contributed by atoms with Crippen LogP contribution in [0.15, 0.2) is 52.5 Å². The molecule has 0 atom stereocenters. The maximum absolute atomic E-state index is 12.9. The van der Waals surface area contributed by atoms with Crippen LogP contribution in [-0.2, 0) is 18.3 Å². The van der Waals surface area contributed by atoms with Gasteiger partial charge in [0.25, 0.3) is 5.56 Å². The van der Waals surface area contributed by atoms with E-state index in [1.165, 1.54) is 16.2 Å². The molecule has 1 amide bonds. The topological polar surface area (TPSA) is 94.2 Å². The van der Waals surface area contributed by atoms with Gasteiger partial charge in [0.05, 0.1) is 5.75 Å². The van der Waals surface area contributed by atoms with Crippen molar-refractivity contribution in [3.63, 3.8) is 0 Å². The molecular weight excluding hydrogens is 448 g/mol. The summed E-state index contributed by atoms with van der Waals surface area (Å²) in [5, 5.41) is 12.5. The van der Waals surface area contributed by atoms with E-state index in [-0.39, 0.29) is 17.2 Å². The Morgan fingerprint density at radius 3 is 2.78 bits per heavy atom. The number of hydrogen-bond donors (Lipinski definition) is 1. The summed E-state index contributed by atoms with van der Waals surface area (Å²) in [7, 11) is 1.82. The Kier molecular flexibility index (Phi) is 6.29. The van der Waals surface area contributed by atoms with E-state index in [1.807, 2.05) is 33.0 Å². The highest BCUT2D eigenvalue weighted by atomic mass is 35.5. The lowest BCUT2D eigenvalue weighted by Crippen LogP contribution is -2.22. The number of carbonyl (C=O) groups excluding carboxylic acids is 1. The summed E-state index contributed by atoms with van der Waals surface area (Å²) in [5.41, 5.74) is 3.21. The largest absolute Gasteiger partial charge is 0.325 e. The predicted octanol–water partition coefficient (Wildman–Crippen LogP) is 3.41. The van der Waals surface area contributed by atoms with Crippen molar-refractivity contribution in [1.29, 1.82) is 0 Å². The average Bonchev–Trinajstić information content (AvgIpc) is 3.12. The van der Waals surface area contributed by atoms with Crippen molar-refractivity contribution in [3.8, 4) is 0 Å². The third kappa shape index (κ3) is 4.39. The molecule has 0 unspecified atom stereocenters. The highest BCUT2D eigenvalue weighted by Gasteiger charge is 2.17. The average molecular weight is 469 g/mol. The maximum Gasteiger partial charge on any atom is 0.261 e. The first-order valence-electron chi connectivity index (χ1n) is 9.88. The molecule has 4 aromatic rings. The van der Waals surface area contributed by atoms with Crippen molar-refractivity contribution in [2.75, 3.05) is 11.1 Å². The standard InChI is InChI=1S/C22H21ClN6O2S/c1-13-16(23)7-6-8-17(13)25-20(30)12-32-22-27-26-19(28(22)3)11-15-14(2)24-18-9-4-5-10-29(18)21(15)31/h4-10H,11-12H2,1-3H3,(H,25,30). The van der Waals surface area contributed by atoms with E-state index in [1.54, 1.807) is 35.0 Å². The van der Waals surface area contributed by atoms with E-state index in [0.717, 1.165) is 5.56 Å². The number of aromatic nitrogens is 5. The number of carbonyl (C=O) groups is 1. The second-order valence-corrected chi connectivity index (χ2v) is 8.64. The summed E-state index contributed by atoms with van der Waals surface area (Å²) in [4.78, 5) is 29.8. The lowest BCUT2D eigenvalue weighted by molar-refractivity contribution is -0.113. The molecule has 0 fully saturated rings. The Bertz CT molecular complexity index is 1380. The zero-order valence-corrected chi connectivity index (χ0v) is 19.4. The van der Waals surface area contributed by atoms with Crippen molar-refractivity contribution < 1.29 is 4.79 Å². The first-order valence-corrected chi connectivity index (χ1v) is 11.2. The number of benzene rings is 1. The maximum atomic E-state index is 12.9. The molecule has 0 saturated heterocycles. The Hall–Kier alpha value is -3.17. The molecule has 0 aliphatic heterocycles. The van der Waals surface area contributed by atoms with Gasteiger partial charge < -0.3 is 9.88 Å². The van der Waals surface area contributed by atoms with Gasteiger partial charge in [0.2, 0.25) is 5.91 Å². The minimum Gasteiger partial charge on any atom is -0.325 e. The van der Waals surface area contributed by atoms with Gasteiger partial charge in [-0.2, -0.15) is 0 Å². The van der Waals surface area contributed by atoms with Crippen LogP contribution in [0.2, 0.25) is 5.02 Å². The molecule has 32 heavy (non-hydrogen) atoms. The van der Waals surface area contributed by atoms with Crippen molar-refractivity contribution in [2.45, 2.75) is 25.4 Å². The Labute approximate surface area is 193 Å². The van der Waals surface area contributed by atoms with E-state index in [4.69, 9.17) is 11.6 Å². The number of nitrogens with zero attached hydrogens (tertiary/aromatic N) is 5. The fourth-order valence-electron chi connectivity index (χ4n) is 3.28. The van der Waals surface area contributed by atoms with Crippen LogP contribution in [-0.4, -0.2) is 35.8 Å². The molecule has 4 rings (SSSR count). The van der Waals surface area contributed by atoms with Crippen molar-refractivity contribution in [3.05, 3.63) is 80.6 Å². The fourth-order valence-corrected chi connectivity index (χ4v) is 4.19. The van der Waals surface area contributed by atoms with Crippen LogP contribution in [0.1, 0.15) is 22.6 Å². The first-order chi connectivity index (χ1) is 15.3. The molecule has 1 aromatic carbocycles. The van der Waals surface area contributed by atoms with Crippen LogP contribution in [0.4, 0.5) is 5.69 Å². The lowest BCUT2D eigenvalue weighted by Gasteiger charge is -2.09. The van der Waals surface area contributed by atoms with Crippen LogP contribution >= 0.6 is 23.4 Å². The van der Waals surface area contributed by atoms with E-state index in [0.29, 0.717) is 45.0 Å². The fraction of sp³-hybridized carbons (Fsp3) is 0.227. The molecule has 0 aliphatic rings. The summed E-state index contributed by atoms with van der Waals surface area (Å²) >= 11 is 7.38.